The fourth-order valence-electron chi connectivity index (χ4n) is 2.05. The average Bonchev–Trinajstić information content (AvgIpc) is 2.74. The zero-order valence-corrected chi connectivity index (χ0v) is 11.1. The predicted molar refractivity (Wildman–Crippen MR) is 70.1 cm³/mol. The van der Waals surface area contributed by atoms with Crippen LogP contribution in [0, 0.1) is 12.7 Å². The van der Waals surface area contributed by atoms with Crippen LogP contribution in [0.5, 0.6) is 5.75 Å². The number of halogens is 1. The second kappa shape index (κ2) is 5.38. The molecule has 6 heteroatoms. The fraction of sp³-hybridized carbons (Fsp3) is 0.308. The van der Waals surface area contributed by atoms with Crippen LogP contribution in [-0.2, 0) is 7.05 Å². The molecule has 0 spiro atoms. The van der Waals surface area contributed by atoms with Crippen molar-refractivity contribution in [1.29, 1.82) is 0 Å². The van der Waals surface area contributed by atoms with Crippen LogP contribution in [0.15, 0.2) is 24.4 Å². The lowest BCUT2D eigenvalue weighted by atomic mass is 9.99. The van der Waals surface area contributed by atoms with Gasteiger partial charge >= 0.3 is 0 Å². The molecule has 0 fully saturated rings. The van der Waals surface area contributed by atoms with Gasteiger partial charge < -0.3 is 4.74 Å². The largest absolute Gasteiger partial charge is 0.494 e. The molecule has 1 aromatic carbocycles. The topological polar surface area (TPSA) is 65.1 Å². The highest BCUT2D eigenvalue weighted by Crippen LogP contribution is 2.29. The lowest BCUT2D eigenvalue weighted by Crippen LogP contribution is -2.30. The molecule has 0 bridgehead atoms. The highest BCUT2D eigenvalue weighted by molar-refractivity contribution is 5.39. The molecule has 3 N–H and O–H groups in total. The first kappa shape index (κ1) is 13.5. The maximum absolute atomic E-state index is 14.3. The number of nitrogens with two attached hydrogens (primary N) is 1. The quantitative estimate of drug-likeness (QED) is 0.647. The van der Waals surface area contributed by atoms with Crippen molar-refractivity contribution < 1.29 is 9.13 Å². The van der Waals surface area contributed by atoms with Crippen LogP contribution in [0.3, 0.4) is 0 Å². The van der Waals surface area contributed by atoms with Crippen molar-refractivity contribution in [3.8, 4) is 5.75 Å². The van der Waals surface area contributed by atoms with E-state index in [2.05, 4.69) is 10.5 Å². The molecule has 1 atom stereocenters. The summed E-state index contributed by atoms with van der Waals surface area (Å²) in [5, 5.41) is 4.15. The summed E-state index contributed by atoms with van der Waals surface area (Å²) in [6, 6.07) is 4.51. The number of aromatic nitrogens is 2. The first-order valence-corrected chi connectivity index (χ1v) is 5.87. The van der Waals surface area contributed by atoms with Crippen molar-refractivity contribution in [2.45, 2.75) is 13.0 Å². The summed E-state index contributed by atoms with van der Waals surface area (Å²) in [5.74, 6) is 5.35. The minimum absolute atomic E-state index is 0.194. The van der Waals surface area contributed by atoms with Crippen molar-refractivity contribution in [2.24, 2.45) is 12.9 Å². The molecule has 1 unspecified atom stereocenters. The molecule has 102 valence electrons. The molecular formula is C13H17FN4O. The minimum atomic E-state index is -0.469. The van der Waals surface area contributed by atoms with Crippen LogP contribution in [-0.4, -0.2) is 16.9 Å². The van der Waals surface area contributed by atoms with E-state index in [0.29, 0.717) is 5.56 Å². The third-order valence-corrected chi connectivity index (χ3v) is 3.27. The Hall–Kier alpha value is -1.92. The zero-order valence-electron chi connectivity index (χ0n) is 11.1. The number of benzene rings is 1. The van der Waals surface area contributed by atoms with Gasteiger partial charge in [-0.05, 0) is 13.0 Å². The maximum atomic E-state index is 14.3. The Morgan fingerprint density at radius 2 is 2.16 bits per heavy atom. The Morgan fingerprint density at radius 3 is 2.68 bits per heavy atom. The van der Waals surface area contributed by atoms with E-state index in [9.17, 15) is 4.39 Å². The van der Waals surface area contributed by atoms with Gasteiger partial charge in [0.05, 0.1) is 19.3 Å². The third kappa shape index (κ3) is 2.32. The summed E-state index contributed by atoms with van der Waals surface area (Å²) >= 11 is 0. The summed E-state index contributed by atoms with van der Waals surface area (Å²) in [7, 11) is 3.26. The van der Waals surface area contributed by atoms with E-state index < -0.39 is 11.9 Å². The van der Waals surface area contributed by atoms with E-state index in [-0.39, 0.29) is 5.75 Å². The Morgan fingerprint density at radius 1 is 1.42 bits per heavy atom. The van der Waals surface area contributed by atoms with Gasteiger partial charge in [-0.2, -0.15) is 5.10 Å². The van der Waals surface area contributed by atoms with E-state index in [1.165, 1.54) is 7.11 Å². The highest BCUT2D eigenvalue weighted by atomic mass is 19.1. The molecule has 1 aromatic heterocycles. The Balaban J connectivity index is 2.51. The Bertz CT molecular complexity index is 582. The Labute approximate surface area is 111 Å². The van der Waals surface area contributed by atoms with Crippen LogP contribution in [0.25, 0.3) is 0 Å². The first-order valence-electron chi connectivity index (χ1n) is 5.87. The number of hydrogen-bond acceptors (Lipinski definition) is 4. The number of methoxy groups -OCH3 is 1. The van der Waals surface area contributed by atoms with Gasteiger partial charge in [-0.1, -0.05) is 12.1 Å². The summed E-state index contributed by atoms with van der Waals surface area (Å²) in [4.78, 5) is 0. The molecule has 2 aromatic rings. The number of ether oxygens (including phenoxy) is 1. The van der Waals surface area contributed by atoms with Crippen LogP contribution in [0.4, 0.5) is 4.39 Å². The second-order valence-corrected chi connectivity index (χ2v) is 4.27. The average molecular weight is 264 g/mol. The van der Waals surface area contributed by atoms with E-state index in [4.69, 9.17) is 10.6 Å². The molecule has 0 aliphatic rings. The first-order chi connectivity index (χ1) is 9.10. The van der Waals surface area contributed by atoms with Gasteiger partial charge in [0.1, 0.15) is 0 Å². The van der Waals surface area contributed by atoms with Crippen LogP contribution in [0.2, 0.25) is 0 Å². The van der Waals surface area contributed by atoms with Crippen molar-refractivity contribution in [1.82, 2.24) is 15.2 Å². The van der Waals surface area contributed by atoms with Gasteiger partial charge in [-0.3, -0.25) is 10.5 Å². The van der Waals surface area contributed by atoms with Crippen molar-refractivity contribution in [2.75, 3.05) is 7.11 Å². The van der Waals surface area contributed by atoms with Crippen LogP contribution < -0.4 is 16.0 Å². The number of hydrazine groups is 1. The van der Waals surface area contributed by atoms with Crippen LogP contribution >= 0.6 is 0 Å². The normalized spacial score (nSPS) is 12.5. The van der Waals surface area contributed by atoms with Gasteiger partial charge in [-0.25, -0.2) is 9.82 Å². The summed E-state index contributed by atoms with van der Waals surface area (Å²) < 4.78 is 21.0. The van der Waals surface area contributed by atoms with E-state index in [1.807, 2.05) is 14.0 Å². The summed E-state index contributed by atoms with van der Waals surface area (Å²) in [6.07, 6.45) is 1.68. The molecular weight excluding hydrogens is 247 g/mol. The molecule has 5 nitrogen and oxygen atoms in total. The van der Waals surface area contributed by atoms with Crippen LogP contribution in [0.1, 0.15) is 22.9 Å². The molecule has 0 saturated carbocycles. The maximum Gasteiger partial charge on any atom is 0.170 e. The Kier molecular flexibility index (Phi) is 3.82. The molecule has 19 heavy (non-hydrogen) atoms. The lowest BCUT2D eigenvalue weighted by molar-refractivity contribution is 0.381. The molecule has 1 heterocycles. The highest BCUT2D eigenvalue weighted by Gasteiger charge is 2.22. The van der Waals surface area contributed by atoms with E-state index in [1.54, 1.807) is 29.1 Å². The molecule has 0 aliphatic heterocycles. The number of aryl methyl sites for hydroxylation is 1. The van der Waals surface area contributed by atoms with Crippen molar-refractivity contribution >= 4 is 0 Å². The van der Waals surface area contributed by atoms with E-state index >= 15 is 0 Å². The number of rotatable bonds is 4. The SMILES string of the molecule is COc1cccc(C(NN)c2cnn(C)c2C)c1F. The van der Waals surface area contributed by atoms with Gasteiger partial charge in [0, 0.05) is 23.9 Å². The summed E-state index contributed by atoms with van der Waals surface area (Å²) in [6.45, 7) is 1.91. The molecule has 2 rings (SSSR count). The molecule has 0 aliphatic carbocycles. The minimum Gasteiger partial charge on any atom is -0.494 e. The summed E-state index contributed by atoms with van der Waals surface area (Å²) in [5.41, 5.74) is 4.81. The molecule has 0 saturated heterocycles. The number of hydrogen-bond donors (Lipinski definition) is 2. The lowest BCUT2D eigenvalue weighted by Gasteiger charge is -2.18. The fourth-order valence-corrected chi connectivity index (χ4v) is 2.05. The van der Waals surface area contributed by atoms with Gasteiger partial charge in [0.15, 0.2) is 11.6 Å². The van der Waals surface area contributed by atoms with E-state index in [0.717, 1.165) is 11.3 Å². The smallest absolute Gasteiger partial charge is 0.170 e. The zero-order chi connectivity index (χ0) is 14.0. The van der Waals surface area contributed by atoms with Gasteiger partial charge in [0.2, 0.25) is 0 Å². The van der Waals surface area contributed by atoms with Gasteiger partial charge in [0.25, 0.3) is 0 Å². The number of nitrogens with zero attached hydrogens (tertiary/aromatic N) is 2. The predicted octanol–water partition coefficient (Wildman–Crippen LogP) is 1.43. The standard InChI is InChI=1S/C13H17FN4O/c1-8-10(7-16-18(8)2)13(17-15)9-5-4-6-11(19-3)12(9)14/h4-7,13,17H,15H2,1-3H3. The second-order valence-electron chi connectivity index (χ2n) is 4.27. The number of nitrogens with one attached hydrogen (secondary N) is 1. The van der Waals surface area contributed by atoms with Crippen molar-refractivity contribution in [3.05, 3.63) is 47.0 Å². The van der Waals surface area contributed by atoms with Gasteiger partial charge in [-0.15, -0.1) is 0 Å². The third-order valence-electron chi connectivity index (χ3n) is 3.27. The monoisotopic (exact) mass is 264 g/mol. The van der Waals surface area contributed by atoms with Crippen molar-refractivity contribution in [3.63, 3.8) is 0 Å². The molecule has 0 radical (unpaired) electrons. The molecule has 0 amide bonds.